The number of nitrogens with zero attached hydrogens (tertiary/aromatic N) is 2. The minimum atomic E-state index is -0.0362. The Morgan fingerprint density at radius 2 is 1.23 bits per heavy atom. The number of para-hydroxylation sites is 2. The number of allylic oxidation sites excluding steroid dienone is 5. The molecule has 2 aromatic carbocycles. The van der Waals surface area contributed by atoms with Crippen LogP contribution < -0.4 is 4.90 Å². The fourth-order valence-electron chi connectivity index (χ4n) is 6.22. The van der Waals surface area contributed by atoms with Crippen LogP contribution in [0.5, 0.6) is 0 Å². The Morgan fingerprint density at radius 1 is 0.698 bits per heavy atom. The minimum Gasteiger partial charge on any atom is -0.288 e. The third kappa shape index (κ3) is 11.1. The minimum absolute atomic E-state index is 0.00782. The fourth-order valence-corrected chi connectivity index (χ4v) is 6.22. The van der Waals surface area contributed by atoms with Gasteiger partial charge in [0.05, 0.1) is 5.41 Å². The molecule has 0 saturated carbocycles. The van der Waals surface area contributed by atoms with Crippen molar-refractivity contribution in [1.82, 2.24) is 0 Å². The van der Waals surface area contributed by atoms with E-state index in [1.54, 1.807) is 11.8 Å². The maximum atomic E-state index is 12.1. The van der Waals surface area contributed by atoms with Crippen LogP contribution in [0, 0.1) is 0 Å². The van der Waals surface area contributed by atoms with Crippen molar-refractivity contribution in [2.45, 2.75) is 123 Å². The molecule has 43 heavy (non-hydrogen) atoms. The predicted octanol–water partition coefficient (Wildman–Crippen LogP) is 11.2. The van der Waals surface area contributed by atoms with Crippen LogP contribution in [-0.4, -0.2) is 22.7 Å². The van der Waals surface area contributed by atoms with E-state index in [0.717, 1.165) is 12.2 Å². The molecule has 0 spiro atoms. The Bertz CT molecular complexity index is 1220. The molecule has 3 rings (SSSR count). The predicted molar refractivity (Wildman–Crippen MR) is 187 cm³/mol. The zero-order valence-corrected chi connectivity index (χ0v) is 27.6. The first-order valence-electron chi connectivity index (χ1n) is 17.1. The van der Waals surface area contributed by atoms with Crippen molar-refractivity contribution in [3.63, 3.8) is 0 Å². The second kappa shape index (κ2) is 19.2. The highest BCUT2D eigenvalue weighted by molar-refractivity contribution is 6.03. The molecule has 232 valence electrons. The lowest BCUT2D eigenvalue weighted by atomic mass is 9.81. The van der Waals surface area contributed by atoms with Crippen molar-refractivity contribution in [2.75, 3.05) is 11.4 Å². The summed E-state index contributed by atoms with van der Waals surface area (Å²) in [6, 6.07) is 18.6. The third-order valence-corrected chi connectivity index (χ3v) is 8.73. The summed E-state index contributed by atoms with van der Waals surface area (Å²) < 4.78 is 2.54. The van der Waals surface area contributed by atoms with Gasteiger partial charge in [0.25, 0.3) is 0 Å². The average Bonchev–Trinajstić information content (AvgIpc) is 3.22. The normalized spacial score (nSPS) is 14.4. The van der Waals surface area contributed by atoms with Crippen molar-refractivity contribution in [3.05, 3.63) is 96.7 Å². The van der Waals surface area contributed by atoms with Crippen molar-refractivity contribution < 1.29 is 9.37 Å². The molecule has 0 saturated heterocycles. The molecule has 0 N–H and O–H groups in total. The lowest BCUT2D eigenvalue weighted by Crippen LogP contribution is -2.27. The van der Waals surface area contributed by atoms with Gasteiger partial charge >= 0.3 is 0 Å². The highest BCUT2D eigenvalue weighted by Gasteiger charge is 2.43. The smallest absolute Gasteiger partial charge is 0.227 e. The van der Waals surface area contributed by atoms with Gasteiger partial charge in [-0.2, -0.15) is 4.58 Å². The van der Waals surface area contributed by atoms with Gasteiger partial charge in [-0.25, -0.2) is 0 Å². The number of hydrogen-bond donors (Lipinski definition) is 0. The molecule has 0 fully saturated rings. The summed E-state index contributed by atoms with van der Waals surface area (Å²) in [5.74, 6) is -0.00782. The molecule has 3 heteroatoms. The van der Waals surface area contributed by atoms with Crippen molar-refractivity contribution in [1.29, 1.82) is 0 Å². The van der Waals surface area contributed by atoms with Crippen molar-refractivity contribution in [2.24, 2.45) is 0 Å². The summed E-state index contributed by atoms with van der Waals surface area (Å²) in [7, 11) is 0. The van der Waals surface area contributed by atoms with Gasteiger partial charge in [-0.3, -0.25) is 9.69 Å². The Balaban J connectivity index is 1.48. The quantitative estimate of drug-likeness (QED) is 0.0866. The number of unbranched alkanes of at least 4 members (excludes halogenated alkanes) is 13. The van der Waals surface area contributed by atoms with E-state index < -0.39 is 0 Å². The number of rotatable bonds is 20. The van der Waals surface area contributed by atoms with Crippen LogP contribution in [0.3, 0.4) is 0 Å². The Hall–Kier alpha value is -3.20. The molecular formula is C40H57N2O+. The SMILES string of the molecule is CCCCCCCCCCCCCCCC[N+]1=C(/C=C/C=C/C=C/N(C(C)=O)c2ccccc2)C(C)(C)c2ccccc21. The van der Waals surface area contributed by atoms with Crippen molar-refractivity contribution in [3.8, 4) is 0 Å². The molecule has 1 amide bonds. The van der Waals surface area contributed by atoms with E-state index >= 15 is 0 Å². The summed E-state index contributed by atoms with van der Waals surface area (Å²) >= 11 is 0. The van der Waals surface area contributed by atoms with Crippen LogP contribution >= 0.6 is 0 Å². The molecule has 3 nitrogen and oxygen atoms in total. The van der Waals surface area contributed by atoms with Crippen LogP contribution in [0.2, 0.25) is 0 Å². The number of carbonyl (C=O) groups is 1. The summed E-state index contributed by atoms with van der Waals surface area (Å²) in [6.45, 7) is 9.62. The summed E-state index contributed by atoms with van der Waals surface area (Å²) in [5.41, 5.74) is 4.95. The van der Waals surface area contributed by atoms with E-state index in [0.29, 0.717) is 0 Å². The Kier molecular flexibility index (Phi) is 15.3. The lowest BCUT2D eigenvalue weighted by molar-refractivity contribution is -0.438. The number of benzene rings is 2. The largest absolute Gasteiger partial charge is 0.288 e. The van der Waals surface area contributed by atoms with E-state index in [1.807, 2.05) is 48.7 Å². The fraction of sp³-hybridized carbons (Fsp3) is 0.500. The van der Waals surface area contributed by atoms with E-state index in [4.69, 9.17) is 0 Å². The zero-order chi connectivity index (χ0) is 30.8. The van der Waals surface area contributed by atoms with Crippen LogP contribution in [-0.2, 0) is 10.2 Å². The van der Waals surface area contributed by atoms with Gasteiger partial charge in [-0.15, -0.1) is 0 Å². The molecule has 0 atom stereocenters. The van der Waals surface area contributed by atoms with Gasteiger partial charge in [0.2, 0.25) is 11.6 Å². The van der Waals surface area contributed by atoms with Gasteiger partial charge in [0.1, 0.15) is 6.54 Å². The standard InChI is InChI=1S/C40H57N2O/c1-5-6-7-8-9-10-11-12-13-14-15-16-18-27-34-42-38-31-25-24-30-37(38)40(3,4)39(42)32-23-17-19-26-33-41(35(2)43)36-28-21-20-22-29-36/h17,19-26,28-33H,5-16,18,27,34H2,1-4H3/q+1. The van der Waals surface area contributed by atoms with Crippen molar-refractivity contribution >= 4 is 23.0 Å². The first-order valence-corrected chi connectivity index (χ1v) is 17.1. The van der Waals surface area contributed by atoms with Crippen LogP contribution in [0.4, 0.5) is 11.4 Å². The Morgan fingerprint density at radius 3 is 1.84 bits per heavy atom. The molecule has 0 radical (unpaired) electrons. The summed E-state index contributed by atoms with van der Waals surface area (Å²) in [6.07, 6.45) is 31.6. The number of carbonyl (C=O) groups excluding carboxylic acids is 1. The highest BCUT2D eigenvalue weighted by Crippen LogP contribution is 2.40. The third-order valence-electron chi connectivity index (χ3n) is 8.73. The maximum Gasteiger partial charge on any atom is 0.227 e. The van der Waals surface area contributed by atoms with E-state index in [9.17, 15) is 4.79 Å². The lowest BCUT2D eigenvalue weighted by Gasteiger charge is -2.15. The number of hydrogen-bond acceptors (Lipinski definition) is 1. The molecule has 1 heterocycles. The molecular weight excluding hydrogens is 524 g/mol. The molecule has 1 aliphatic rings. The topological polar surface area (TPSA) is 23.3 Å². The molecule has 0 aliphatic carbocycles. The van der Waals surface area contributed by atoms with E-state index in [2.05, 4.69) is 67.8 Å². The number of amides is 1. The van der Waals surface area contributed by atoms with Gasteiger partial charge in [0.15, 0.2) is 5.71 Å². The Labute approximate surface area is 263 Å². The molecule has 0 aromatic heterocycles. The highest BCUT2D eigenvalue weighted by atomic mass is 16.2. The molecule has 0 bridgehead atoms. The molecule has 0 unspecified atom stereocenters. The number of fused-ring (bicyclic) bond motifs is 1. The first kappa shape index (κ1) is 34.3. The van der Waals surface area contributed by atoms with Gasteiger partial charge in [0, 0.05) is 42.9 Å². The maximum absolute atomic E-state index is 12.1. The van der Waals surface area contributed by atoms with E-state index in [1.165, 1.54) is 107 Å². The van der Waals surface area contributed by atoms with E-state index in [-0.39, 0.29) is 11.3 Å². The zero-order valence-electron chi connectivity index (χ0n) is 27.6. The molecule has 1 aliphatic heterocycles. The summed E-state index contributed by atoms with van der Waals surface area (Å²) in [5, 5.41) is 0. The van der Waals surface area contributed by atoms with Gasteiger partial charge in [-0.1, -0.05) is 139 Å². The second-order valence-corrected chi connectivity index (χ2v) is 12.6. The van der Waals surface area contributed by atoms with Gasteiger partial charge < -0.3 is 0 Å². The van der Waals surface area contributed by atoms with Crippen LogP contribution in [0.25, 0.3) is 0 Å². The molecule has 2 aromatic rings. The summed E-state index contributed by atoms with van der Waals surface area (Å²) in [4.78, 5) is 13.8. The first-order chi connectivity index (χ1) is 21.0. The van der Waals surface area contributed by atoms with Crippen LogP contribution in [0.1, 0.15) is 123 Å². The van der Waals surface area contributed by atoms with Gasteiger partial charge in [-0.05, 0) is 38.5 Å². The van der Waals surface area contributed by atoms with Crippen LogP contribution in [0.15, 0.2) is 91.2 Å². The number of anilines is 1. The monoisotopic (exact) mass is 581 g/mol. The average molecular weight is 582 g/mol. The second-order valence-electron chi connectivity index (χ2n) is 12.6.